The number of sulfonamides is 1. The zero-order valence-electron chi connectivity index (χ0n) is 12.5. The first-order valence-electron chi connectivity index (χ1n) is 7.46. The Morgan fingerprint density at radius 2 is 1.71 bits per heavy atom. The molecule has 0 unspecified atom stereocenters. The van der Waals surface area contributed by atoms with Crippen molar-refractivity contribution >= 4 is 21.6 Å². The highest BCUT2D eigenvalue weighted by Gasteiger charge is 2.24. The lowest BCUT2D eigenvalue weighted by molar-refractivity contribution is 0.187. The van der Waals surface area contributed by atoms with Crippen molar-refractivity contribution < 1.29 is 8.42 Å². The smallest absolute Gasteiger partial charge is 0.213 e. The summed E-state index contributed by atoms with van der Waals surface area (Å²) >= 11 is 5.87. The van der Waals surface area contributed by atoms with Gasteiger partial charge in [0.05, 0.1) is 5.75 Å². The summed E-state index contributed by atoms with van der Waals surface area (Å²) in [4.78, 5) is 2.34. The van der Waals surface area contributed by atoms with Crippen molar-refractivity contribution in [2.45, 2.75) is 19.8 Å². The summed E-state index contributed by atoms with van der Waals surface area (Å²) in [5.41, 5.74) is 1.30. The van der Waals surface area contributed by atoms with Crippen LogP contribution in [-0.2, 0) is 16.4 Å². The Morgan fingerprint density at radius 1 is 1.10 bits per heavy atom. The van der Waals surface area contributed by atoms with Crippen molar-refractivity contribution in [2.24, 2.45) is 0 Å². The topological polar surface area (TPSA) is 40.6 Å². The minimum atomic E-state index is -3.02. The van der Waals surface area contributed by atoms with Gasteiger partial charge in [0.1, 0.15) is 0 Å². The molecule has 0 saturated carbocycles. The average Bonchev–Trinajstić information content (AvgIpc) is 2.50. The zero-order chi connectivity index (χ0) is 15.3. The van der Waals surface area contributed by atoms with E-state index in [0.29, 0.717) is 13.1 Å². The van der Waals surface area contributed by atoms with Gasteiger partial charge in [0.15, 0.2) is 0 Å². The minimum Gasteiger partial charge on any atom is -0.301 e. The summed E-state index contributed by atoms with van der Waals surface area (Å²) in [6, 6.07) is 7.97. The van der Waals surface area contributed by atoms with Gasteiger partial charge in [-0.2, -0.15) is 4.31 Å². The number of benzene rings is 1. The van der Waals surface area contributed by atoms with E-state index in [9.17, 15) is 8.42 Å². The highest BCUT2D eigenvalue weighted by atomic mass is 35.5. The van der Waals surface area contributed by atoms with E-state index in [4.69, 9.17) is 11.6 Å². The fourth-order valence-corrected chi connectivity index (χ4v) is 3.78. The van der Waals surface area contributed by atoms with E-state index in [-0.39, 0.29) is 5.75 Å². The molecule has 0 atom stereocenters. The first-order chi connectivity index (χ1) is 10.0. The molecule has 1 aromatic rings. The second-order valence-electron chi connectivity index (χ2n) is 5.37. The Kier molecular flexibility index (Phi) is 6.05. The van der Waals surface area contributed by atoms with Crippen LogP contribution in [0, 0.1) is 0 Å². The Bertz CT molecular complexity index is 537. The van der Waals surface area contributed by atoms with Crippen molar-refractivity contribution in [3.8, 4) is 0 Å². The monoisotopic (exact) mass is 330 g/mol. The van der Waals surface area contributed by atoms with E-state index in [1.54, 1.807) is 11.2 Å². The van der Waals surface area contributed by atoms with Crippen molar-refractivity contribution in [1.29, 1.82) is 0 Å². The lowest BCUT2D eigenvalue weighted by atomic mass is 10.1. The molecule has 1 aliphatic rings. The van der Waals surface area contributed by atoms with Crippen LogP contribution < -0.4 is 0 Å². The first-order valence-corrected chi connectivity index (χ1v) is 9.44. The largest absolute Gasteiger partial charge is 0.301 e. The fourth-order valence-electron chi connectivity index (χ4n) is 2.57. The SMILES string of the molecule is CCS(=O)(=O)N1CCN(CCCc2ccc(Cl)cc2)CC1. The Labute approximate surface area is 132 Å². The van der Waals surface area contributed by atoms with Gasteiger partial charge >= 0.3 is 0 Å². The van der Waals surface area contributed by atoms with Gasteiger partial charge in [0.25, 0.3) is 0 Å². The highest BCUT2D eigenvalue weighted by molar-refractivity contribution is 7.89. The number of aryl methyl sites for hydroxylation is 1. The Balaban J connectivity index is 1.71. The standard InChI is InChI=1S/C15H23ClN2O2S/c1-2-21(19,20)18-12-10-17(11-13-18)9-3-4-14-5-7-15(16)8-6-14/h5-8H,2-4,9-13H2,1H3. The molecule has 4 nitrogen and oxygen atoms in total. The molecule has 2 rings (SSSR count). The quantitative estimate of drug-likeness (QED) is 0.803. The van der Waals surface area contributed by atoms with Crippen LogP contribution in [-0.4, -0.2) is 56.1 Å². The van der Waals surface area contributed by atoms with Crippen LogP contribution in [0.5, 0.6) is 0 Å². The van der Waals surface area contributed by atoms with Gasteiger partial charge in [-0.15, -0.1) is 0 Å². The van der Waals surface area contributed by atoms with Crippen molar-refractivity contribution in [1.82, 2.24) is 9.21 Å². The van der Waals surface area contributed by atoms with Gasteiger partial charge in [0, 0.05) is 31.2 Å². The minimum absolute atomic E-state index is 0.198. The van der Waals surface area contributed by atoms with E-state index in [0.717, 1.165) is 37.5 Å². The maximum Gasteiger partial charge on any atom is 0.213 e. The van der Waals surface area contributed by atoms with Crippen LogP contribution in [0.15, 0.2) is 24.3 Å². The number of hydrogen-bond acceptors (Lipinski definition) is 3. The van der Waals surface area contributed by atoms with Crippen LogP contribution in [0.1, 0.15) is 18.9 Å². The third kappa shape index (κ3) is 4.95. The predicted molar refractivity (Wildman–Crippen MR) is 87.2 cm³/mol. The van der Waals surface area contributed by atoms with Crippen molar-refractivity contribution in [3.05, 3.63) is 34.9 Å². The van der Waals surface area contributed by atoms with E-state index in [1.165, 1.54) is 5.56 Å². The molecule has 118 valence electrons. The van der Waals surface area contributed by atoms with Crippen molar-refractivity contribution in [3.63, 3.8) is 0 Å². The third-order valence-electron chi connectivity index (χ3n) is 3.94. The molecule has 0 amide bonds. The summed E-state index contributed by atoms with van der Waals surface area (Å²) in [7, 11) is -3.02. The third-order valence-corrected chi connectivity index (χ3v) is 6.08. The van der Waals surface area contributed by atoms with Gasteiger partial charge in [0.2, 0.25) is 10.0 Å². The van der Waals surface area contributed by atoms with Crippen LogP contribution in [0.3, 0.4) is 0 Å². The molecule has 1 saturated heterocycles. The lowest BCUT2D eigenvalue weighted by Crippen LogP contribution is -2.49. The molecule has 1 aliphatic heterocycles. The molecular formula is C15H23ClN2O2S. The van der Waals surface area contributed by atoms with Gasteiger partial charge in [-0.1, -0.05) is 23.7 Å². The van der Waals surface area contributed by atoms with E-state index in [1.807, 2.05) is 12.1 Å². The van der Waals surface area contributed by atoms with Crippen LogP contribution in [0.4, 0.5) is 0 Å². The molecule has 0 bridgehead atoms. The number of rotatable bonds is 6. The highest BCUT2D eigenvalue weighted by Crippen LogP contribution is 2.12. The normalized spacial score (nSPS) is 18.0. The number of hydrogen-bond donors (Lipinski definition) is 0. The molecule has 21 heavy (non-hydrogen) atoms. The molecule has 0 radical (unpaired) electrons. The summed E-state index contributed by atoms with van der Waals surface area (Å²) in [6.07, 6.45) is 2.12. The maximum absolute atomic E-state index is 11.8. The average molecular weight is 331 g/mol. The van der Waals surface area contributed by atoms with Gasteiger partial charge in [-0.05, 0) is 44.0 Å². The zero-order valence-corrected chi connectivity index (χ0v) is 14.0. The predicted octanol–water partition coefficient (Wildman–Crippen LogP) is 2.24. The van der Waals surface area contributed by atoms with Crippen LogP contribution >= 0.6 is 11.6 Å². The molecular weight excluding hydrogens is 308 g/mol. The van der Waals surface area contributed by atoms with Crippen molar-refractivity contribution in [2.75, 3.05) is 38.5 Å². The molecule has 6 heteroatoms. The summed E-state index contributed by atoms with van der Waals surface area (Å²) in [5, 5.41) is 0.770. The van der Waals surface area contributed by atoms with Gasteiger partial charge < -0.3 is 4.90 Å². The van der Waals surface area contributed by atoms with Crippen LogP contribution in [0.2, 0.25) is 5.02 Å². The van der Waals surface area contributed by atoms with Crippen LogP contribution in [0.25, 0.3) is 0 Å². The number of nitrogens with zero attached hydrogens (tertiary/aromatic N) is 2. The fraction of sp³-hybridized carbons (Fsp3) is 0.600. The second kappa shape index (κ2) is 7.58. The first kappa shape index (κ1) is 16.7. The number of halogens is 1. The summed E-state index contributed by atoms with van der Waals surface area (Å²) in [6.45, 7) is 5.63. The van der Waals surface area contributed by atoms with Gasteiger partial charge in [-0.3, -0.25) is 0 Å². The molecule has 0 aromatic heterocycles. The Hall–Kier alpha value is -0.620. The molecule has 1 heterocycles. The van der Waals surface area contributed by atoms with Gasteiger partial charge in [-0.25, -0.2) is 8.42 Å². The van der Waals surface area contributed by atoms with E-state index in [2.05, 4.69) is 17.0 Å². The molecule has 1 fully saturated rings. The number of piperazine rings is 1. The maximum atomic E-state index is 11.8. The second-order valence-corrected chi connectivity index (χ2v) is 8.07. The molecule has 0 N–H and O–H groups in total. The summed E-state index contributed by atoms with van der Waals surface area (Å²) < 4.78 is 25.2. The molecule has 0 aliphatic carbocycles. The molecule has 0 spiro atoms. The lowest BCUT2D eigenvalue weighted by Gasteiger charge is -2.33. The molecule has 1 aromatic carbocycles. The van der Waals surface area contributed by atoms with E-state index < -0.39 is 10.0 Å². The summed E-state index contributed by atoms with van der Waals surface area (Å²) in [5.74, 6) is 0.198. The van der Waals surface area contributed by atoms with E-state index >= 15 is 0 Å². The Morgan fingerprint density at radius 3 is 2.29 bits per heavy atom.